The van der Waals surface area contributed by atoms with Crippen molar-refractivity contribution in [2.45, 2.75) is 25.3 Å². The number of methoxy groups -OCH3 is 1. The van der Waals surface area contributed by atoms with E-state index in [1.807, 2.05) is 39.9 Å². The van der Waals surface area contributed by atoms with Gasteiger partial charge in [-0.05, 0) is 54.3 Å². The average molecular weight is 380 g/mol. The van der Waals surface area contributed by atoms with E-state index in [9.17, 15) is 9.59 Å². The van der Waals surface area contributed by atoms with Gasteiger partial charge in [-0.1, -0.05) is 6.07 Å². The summed E-state index contributed by atoms with van der Waals surface area (Å²) in [7, 11) is 1.39. The second-order valence-electron chi connectivity index (χ2n) is 7.15. The van der Waals surface area contributed by atoms with Crippen molar-refractivity contribution in [3.63, 3.8) is 0 Å². The number of carbonyl (C=O) groups excluding carboxylic acids is 2. The fourth-order valence-electron chi connectivity index (χ4n) is 3.94. The number of amides is 1. The van der Waals surface area contributed by atoms with Crippen molar-refractivity contribution in [1.29, 1.82) is 0 Å². The second kappa shape index (κ2) is 7.92. The van der Waals surface area contributed by atoms with Crippen molar-refractivity contribution in [2.24, 2.45) is 0 Å². The molecule has 2 aromatic rings. The summed E-state index contributed by atoms with van der Waals surface area (Å²) in [5.41, 5.74) is 2.78. The normalized spacial score (nSPS) is 16.8. The van der Waals surface area contributed by atoms with Gasteiger partial charge in [0.25, 0.3) is 0 Å². The SMILES string of the molecule is COC(=O)c1cccn1C1CCN(C(=O)/C=C/c2ccc3c(c2)CCO3)CC1. The third-order valence-corrected chi connectivity index (χ3v) is 5.47. The smallest absolute Gasteiger partial charge is 0.354 e. The Hall–Kier alpha value is -3.02. The molecular formula is C22H24N2O4. The van der Waals surface area contributed by atoms with Crippen molar-refractivity contribution < 1.29 is 19.1 Å². The molecule has 1 amide bonds. The van der Waals surface area contributed by atoms with Crippen LogP contribution in [0.4, 0.5) is 0 Å². The summed E-state index contributed by atoms with van der Waals surface area (Å²) in [6, 6.07) is 9.85. The van der Waals surface area contributed by atoms with Crippen LogP contribution < -0.4 is 4.74 Å². The molecule has 3 heterocycles. The van der Waals surface area contributed by atoms with E-state index in [-0.39, 0.29) is 17.9 Å². The summed E-state index contributed by atoms with van der Waals surface area (Å²) in [6.45, 7) is 2.07. The average Bonchev–Trinajstić information content (AvgIpc) is 3.40. The van der Waals surface area contributed by atoms with E-state index in [4.69, 9.17) is 9.47 Å². The minimum absolute atomic E-state index is 0.0240. The lowest BCUT2D eigenvalue weighted by Gasteiger charge is -2.32. The van der Waals surface area contributed by atoms with Gasteiger partial charge in [0.2, 0.25) is 5.91 Å². The van der Waals surface area contributed by atoms with Crippen LogP contribution in [0.3, 0.4) is 0 Å². The minimum atomic E-state index is -0.328. The van der Waals surface area contributed by atoms with Gasteiger partial charge in [0.05, 0.1) is 13.7 Å². The van der Waals surface area contributed by atoms with Crippen LogP contribution >= 0.6 is 0 Å². The maximum Gasteiger partial charge on any atom is 0.354 e. The van der Waals surface area contributed by atoms with E-state index in [1.165, 1.54) is 12.7 Å². The highest BCUT2D eigenvalue weighted by atomic mass is 16.5. The van der Waals surface area contributed by atoms with E-state index in [1.54, 1.807) is 12.1 Å². The number of hydrogen-bond donors (Lipinski definition) is 0. The number of piperidine rings is 1. The van der Waals surface area contributed by atoms with Crippen LogP contribution in [0, 0.1) is 0 Å². The van der Waals surface area contributed by atoms with E-state index in [2.05, 4.69) is 6.07 Å². The number of nitrogens with zero attached hydrogens (tertiary/aromatic N) is 2. The van der Waals surface area contributed by atoms with Gasteiger partial charge in [-0.15, -0.1) is 0 Å². The second-order valence-corrected chi connectivity index (χ2v) is 7.15. The van der Waals surface area contributed by atoms with Crippen LogP contribution in [0.5, 0.6) is 5.75 Å². The molecule has 1 aromatic heterocycles. The summed E-state index contributed by atoms with van der Waals surface area (Å²) in [5.74, 6) is 0.643. The Kier molecular flexibility index (Phi) is 5.19. The Morgan fingerprint density at radius 2 is 2.04 bits per heavy atom. The van der Waals surface area contributed by atoms with Gasteiger partial charge in [0.15, 0.2) is 0 Å². The maximum absolute atomic E-state index is 12.6. The van der Waals surface area contributed by atoms with E-state index in [0.717, 1.165) is 37.2 Å². The first-order chi connectivity index (χ1) is 13.7. The third-order valence-electron chi connectivity index (χ3n) is 5.47. The maximum atomic E-state index is 12.6. The topological polar surface area (TPSA) is 60.8 Å². The highest BCUT2D eigenvalue weighted by Gasteiger charge is 2.25. The van der Waals surface area contributed by atoms with Crippen molar-refractivity contribution in [1.82, 2.24) is 9.47 Å². The molecule has 6 heteroatoms. The zero-order valence-electron chi connectivity index (χ0n) is 16.0. The van der Waals surface area contributed by atoms with E-state index >= 15 is 0 Å². The summed E-state index contributed by atoms with van der Waals surface area (Å²) in [6.07, 6.45) is 7.97. The first-order valence-corrected chi connectivity index (χ1v) is 9.63. The Balaban J connectivity index is 1.35. The molecule has 6 nitrogen and oxygen atoms in total. The summed E-state index contributed by atoms with van der Waals surface area (Å²) < 4.78 is 12.3. The van der Waals surface area contributed by atoms with Gasteiger partial charge in [-0.25, -0.2) is 4.79 Å². The lowest BCUT2D eigenvalue weighted by atomic mass is 10.0. The number of esters is 1. The fourth-order valence-corrected chi connectivity index (χ4v) is 3.94. The van der Waals surface area contributed by atoms with Crippen LogP contribution in [0.2, 0.25) is 0 Å². The van der Waals surface area contributed by atoms with Crippen LogP contribution in [-0.2, 0) is 16.0 Å². The zero-order valence-corrected chi connectivity index (χ0v) is 16.0. The van der Waals surface area contributed by atoms with Crippen molar-refractivity contribution >= 4 is 18.0 Å². The molecule has 1 aromatic carbocycles. The monoisotopic (exact) mass is 380 g/mol. The number of hydrogen-bond acceptors (Lipinski definition) is 4. The first-order valence-electron chi connectivity index (χ1n) is 9.63. The quantitative estimate of drug-likeness (QED) is 0.604. The number of benzene rings is 1. The highest BCUT2D eigenvalue weighted by Crippen LogP contribution is 2.27. The molecule has 0 spiro atoms. The van der Waals surface area contributed by atoms with Gasteiger partial charge < -0.3 is 18.9 Å². The number of fused-ring (bicyclic) bond motifs is 1. The van der Waals surface area contributed by atoms with E-state index in [0.29, 0.717) is 18.8 Å². The molecule has 0 unspecified atom stereocenters. The van der Waals surface area contributed by atoms with Gasteiger partial charge in [0, 0.05) is 37.8 Å². The van der Waals surface area contributed by atoms with Crippen molar-refractivity contribution in [3.05, 3.63) is 59.4 Å². The highest BCUT2D eigenvalue weighted by molar-refractivity contribution is 5.92. The molecule has 0 saturated carbocycles. The fraction of sp³-hybridized carbons (Fsp3) is 0.364. The first kappa shape index (κ1) is 18.3. The molecular weight excluding hydrogens is 356 g/mol. The van der Waals surface area contributed by atoms with Crippen molar-refractivity contribution in [2.75, 3.05) is 26.8 Å². The third kappa shape index (κ3) is 3.67. The molecule has 2 aliphatic rings. The lowest BCUT2D eigenvalue weighted by Crippen LogP contribution is -2.38. The molecule has 2 aliphatic heterocycles. The molecule has 28 heavy (non-hydrogen) atoms. The predicted molar refractivity (Wildman–Crippen MR) is 105 cm³/mol. The Labute approximate surface area is 164 Å². The lowest BCUT2D eigenvalue weighted by molar-refractivity contribution is -0.127. The molecule has 0 aliphatic carbocycles. The number of carbonyl (C=O) groups is 2. The molecule has 0 N–H and O–H groups in total. The van der Waals surface area contributed by atoms with Gasteiger partial charge in [0.1, 0.15) is 11.4 Å². The molecule has 1 saturated heterocycles. The number of aromatic nitrogens is 1. The van der Waals surface area contributed by atoms with Crippen LogP contribution in [0.1, 0.15) is 40.5 Å². The Morgan fingerprint density at radius 3 is 2.82 bits per heavy atom. The standard InChI is InChI=1S/C22H24N2O4/c1-27-22(26)19-3-2-11-24(19)18-8-12-23(13-9-18)21(25)7-5-16-4-6-20-17(15-16)10-14-28-20/h2-7,11,15,18H,8-10,12-14H2,1H3/b7-5+. The van der Waals surface area contributed by atoms with Crippen LogP contribution in [-0.4, -0.2) is 48.1 Å². The van der Waals surface area contributed by atoms with Crippen LogP contribution in [0.15, 0.2) is 42.6 Å². The van der Waals surface area contributed by atoms with Crippen molar-refractivity contribution in [3.8, 4) is 5.75 Å². The Bertz CT molecular complexity index is 907. The number of ether oxygens (including phenoxy) is 2. The zero-order chi connectivity index (χ0) is 19.5. The molecule has 4 rings (SSSR count). The van der Waals surface area contributed by atoms with Crippen LogP contribution in [0.25, 0.3) is 6.08 Å². The van der Waals surface area contributed by atoms with Gasteiger partial charge in [-0.2, -0.15) is 0 Å². The molecule has 0 bridgehead atoms. The predicted octanol–water partition coefficient (Wildman–Crippen LogP) is 3.09. The summed E-state index contributed by atoms with van der Waals surface area (Å²) in [5, 5.41) is 0. The minimum Gasteiger partial charge on any atom is -0.493 e. The summed E-state index contributed by atoms with van der Waals surface area (Å²) >= 11 is 0. The van der Waals surface area contributed by atoms with Gasteiger partial charge >= 0.3 is 5.97 Å². The molecule has 0 atom stereocenters. The molecule has 1 fully saturated rings. The molecule has 146 valence electrons. The largest absolute Gasteiger partial charge is 0.493 e. The summed E-state index contributed by atoms with van der Waals surface area (Å²) in [4.78, 5) is 26.3. The van der Waals surface area contributed by atoms with E-state index < -0.39 is 0 Å². The molecule has 0 radical (unpaired) electrons. The Morgan fingerprint density at radius 1 is 1.21 bits per heavy atom. The van der Waals surface area contributed by atoms with Gasteiger partial charge in [-0.3, -0.25) is 4.79 Å². The number of rotatable bonds is 4. The number of likely N-dealkylation sites (tertiary alicyclic amines) is 1.